The van der Waals surface area contributed by atoms with Crippen LogP contribution in [0.15, 0.2) is 47.4 Å². The van der Waals surface area contributed by atoms with E-state index in [1.165, 1.54) is 6.42 Å². The predicted molar refractivity (Wildman–Crippen MR) is 131 cm³/mol. The second kappa shape index (κ2) is 9.71. The number of para-hydroxylation sites is 1. The minimum absolute atomic E-state index is 0.0109. The largest absolute Gasteiger partial charge is 0.370 e. The van der Waals surface area contributed by atoms with Gasteiger partial charge < -0.3 is 10.2 Å². The van der Waals surface area contributed by atoms with Crippen molar-refractivity contribution in [3.05, 3.63) is 42.5 Å². The Kier molecular flexibility index (Phi) is 6.51. The molecule has 180 valence electrons. The van der Waals surface area contributed by atoms with Crippen molar-refractivity contribution >= 4 is 38.3 Å². The number of hydrogen-bond donors (Lipinski definition) is 1. The summed E-state index contributed by atoms with van der Waals surface area (Å²) in [6, 6.07) is 12.6. The minimum atomic E-state index is -3.61. The third-order valence-electron chi connectivity index (χ3n) is 6.61. The van der Waals surface area contributed by atoms with Gasteiger partial charge in [0.15, 0.2) is 0 Å². The Bertz CT molecular complexity index is 1280. The Morgan fingerprint density at radius 3 is 2.38 bits per heavy atom. The molecule has 2 aromatic carbocycles. The number of carbonyl (C=O) groups is 1. The standard InChI is InChI=1S/C24H30N6O3S/c31-24(18-30-23-10-4-3-9-20(23)26-27-30)25-21-17-19(34(32,33)29-15-7-2-8-16-29)11-12-22(21)28-13-5-1-6-14-28/h3-4,9-12,17H,1-2,5-8,13-16,18H2,(H,25,31). The quantitative estimate of drug-likeness (QED) is 0.579. The Morgan fingerprint density at radius 2 is 1.62 bits per heavy atom. The Balaban J connectivity index is 1.44. The maximum Gasteiger partial charge on any atom is 0.246 e. The molecule has 0 unspecified atom stereocenters. The van der Waals surface area contributed by atoms with Gasteiger partial charge in [-0.15, -0.1) is 5.10 Å². The maximum absolute atomic E-state index is 13.3. The Morgan fingerprint density at radius 1 is 0.912 bits per heavy atom. The van der Waals surface area contributed by atoms with E-state index in [1.807, 2.05) is 30.3 Å². The van der Waals surface area contributed by atoms with E-state index in [2.05, 4.69) is 20.5 Å². The van der Waals surface area contributed by atoms with Gasteiger partial charge in [0.05, 0.1) is 21.8 Å². The summed E-state index contributed by atoms with van der Waals surface area (Å²) < 4.78 is 29.7. The molecule has 2 aliphatic rings. The molecular formula is C24H30N6O3S. The van der Waals surface area contributed by atoms with Crippen molar-refractivity contribution in [1.29, 1.82) is 0 Å². The third-order valence-corrected chi connectivity index (χ3v) is 8.50. The SMILES string of the molecule is O=C(Cn1nnc2ccccc21)Nc1cc(S(=O)(=O)N2CCCCC2)ccc1N1CCCCC1. The number of carbonyl (C=O) groups excluding carboxylic acids is 1. The first-order chi connectivity index (χ1) is 16.5. The summed E-state index contributed by atoms with van der Waals surface area (Å²) in [6.07, 6.45) is 6.14. The van der Waals surface area contributed by atoms with E-state index in [1.54, 1.807) is 21.1 Å². The van der Waals surface area contributed by atoms with E-state index < -0.39 is 10.0 Å². The van der Waals surface area contributed by atoms with Crippen molar-refractivity contribution in [2.75, 3.05) is 36.4 Å². The summed E-state index contributed by atoms with van der Waals surface area (Å²) >= 11 is 0. The molecule has 1 aromatic heterocycles. The number of piperidine rings is 2. The molecule has 2 aliphatic heterocycles. The second-order valence-corrected chi connectivity index (χ2v) is 10.9. The zero-order chi connectivity index (χ0) is 23.5. The molecule has 2 saturated heterocycles. The molecule has 0 aliphatic carbocycles. The highest BCUT2D eigenvalue weighted by Gasteiger charge is 2.27. The lowest BCUT2D eigenvalue weighted by Gasteiger charge is -2.31. The van der Waals surface area contributed by atoms with Crippen LogP contribution < -0.4 is 10.2 Å². The molecule has 0 radical (unpaired) electrons. The number of anilines is 2. The lowest BCUT2D eigenvalue weighted by atomic mass is 10.1. The molecule has 1 N–H and O–H groups in total. The van der Waals surface area contributed by atoms with E-state index >= 15 is 0 Å². The van der Waals surface area contributed by atoms with E-state index in [0.29, 0.717) is 18.8 Å². The van der Waals surface area contributed by atoms with Gasteiger partial charge in [0, 0.05) is 26.2 Å². The van der Waals surface area contributed by atoms with Crippen LogP contribution in [0.1, 0.15) is 38.5 Å². The van der Waals surface area contributed by atoms with Crippen LogP contribution in [0.5, 0.6) is 0 Å². The second-order valence-electron chi connectivity index (χ2n) is 8.98. The van der Waals surface area contributed by atoms with Gasteiger partial charge in [0.1, 0.15) is 12.1 Å². The van der Waals surface area contributed by atoms with Crippen LogP contribution in [-0.2, 0) is 21.4 Å². The minimum Gasteiger partial charge on any atom is -0.370 e. The van der Waals surface area contributed by atoms with E-state index in [9.17, 15) is 13.2 Å². The van der Waals surface area contributed by atoms with Crippen molar-refractivity contribution in [1.82, 2.24) is 19.3 Å². The third kappa shape index (κ3) is 4.65. The highest BCUT2D eigenvalue weighted by atomic mass is 32.2. The monoisotopic (exact) mass is 482 g/mol. The fraction of sp³-hybridized carbons (Fsp3) is 0.458. The summed E-state index contributed by atoms with van der Waals surface area (Å²) in [5.74, 6) is -0.276. The van der Waals surface area contributed by atoms with Crippen LogP contribution in [-0.4, -0.2) is 59.8 Å². The number of rotatable bonds is 6. The normalized spacial score (nSPS) is 17.7. The molecule has 0 saturated carbocycles. The molecule has 0 atom stereocenters. The number of hydrogen-bond acceptors (Lipinski definition) is 6. The van der Waals surface area contributed by atoms with Crippen molar-refractivity contribution in [3.63, 3.8) is 0 Å². The maximum atomic E-state index is 13.3. The summed E-state index contributed by atoms with van der Waals surface area (Å²) in [7, 11) is -3.61. The molecule has 2 fully saturated rings. The number of nitrogens with zero attached hydrogens (tertiary/aromatic N) is 5. The summed E-state index contributed by atoms with van der Waals surface area (Å²) in [5.41, 5.74) is 2.87. The molecule has 3 heterocycles. The Hall–Kier alpha value is -2.98. The Labute approximate surface area is 199 Å². The van der Waals surface area contributed by atoms with Crippen LogP contribution in [0.4, 0.5) is 11.4 Å². The van der Waals surface area contributed by atoms with Gasteiger partial charge >= 0.3 is 0 Å². The van der Waals surface area contributed by atoms with Crippen LogP contribution in [0.3, 0.4) is 0 Å². The van der Waals surface area contributed by atoms with Gasteiger partial charge in [-0.2, -0.15) is 4.31 Å². The number of benzene rings is 2. The van der Waals surface area contributed by atoms with E-state index in [-0.39, 0.29) is 17.3 Å². The summed E-state index contributed by atoms with van der Waals surface area (Å²) in [5, 5.41) is 11.2. The number of aromatic nitrogens is 3. The van der Waals surface area contributed by atoms with E-state index in [4.69, 9.17) is 0 Å². The van der Waals surface area contributed by atoms with Crippen molar-refractivity contribution in [2.24, 2.45) is 0 Å². The van der Waals surface area contributed by atoms with Crippen LogP contribution in [0.25, 0.3) is 11.0 Å². The van der Waals surface area contributed by atoms with Gasteiger partial charge in [0.25, 0.3) is 0 Å². The summed E-state index contributed by atoms with van der Waals surface area (Å²) in [4.78, 5) is 15.5. The molecule has 34 heavy (non-hydrogen) atoms. The first kappa shape index (κ1) is 22.8. The highest BCUT2D eigenvalue weighted by Crippen LogP contribution is 2.32. The van der Waals surface area contributed by atoms with Crippen molar-refractivity contribution in [3.8, 4) is 0 Å². The number of amides is 1. The molecule has 0 spiro atoms. The molecule has 1 amide bonds. The average Bonchev–Trinajstić information content (AvgIpc) is 3.27. The van der Waals surface area contributed by atoms with Crippen LogP contribution in [0.2, 0.25) is 0 Å². The van der Waals surface area contributed by atoms with Crippen molar-refractivity contribution < 1.29 is 13.2 Å². The number of sulfonamides is 1. The lowest BCUT2D eigenvalue weighted by molar-refractivity contribution is -0.116. The zero-order valence-corrected chi connectivity index (χ0v) is 20.0. The van der Waals surface area contributed by atoms with Gasteiger partial charge in [-0.1, -0.05) is 23.8 Å². The van der Waals surface area contributed by atoms with Gasteiger partial charge in [-0.05, 0) is 62.4 Å². The molecule has 5 rings (SSSR count). The van der Waals surface area contributed by atoms with E-state index in [0.717, 1.165) is 61.9 Å². The predicted octanol–water partition coefficient (Wildman–Crippen LogP) is 3.23. The van der Waals surface area contributed by atoms with Crippen LogP contribution in [0, 0.1) is 0 Å². The van der Waals surface area contributed by atoms with Crippen molar-refractivity contribution in [2.45, 2.75) is 50.0 Å². The first-order valence-electron chi connectivity index (χ1n) is 12.0. The lowest BCUT2D eigenvalue weighted by Crippen LogP contribution is -2.36. The fourth-order valence-electron chi connectivity index (χ4n) is 4.80. The molecule has 9 nitrogen and oxygen atoms in total. The molecular weight excluding hydrogens is 452 g/mol. The number of nitrogens with one attached hydrogen (secondary N) is 1. The molecule has 10 heteroatoms. The first-order valence-corrected chi connectivity index (χ1v) is 13.4. The van der Waals surface area contributed by atoms with Gasteiger partial charge in [0.2, 0.25) is 15.9 Å². The van der Waals surface area contributed by atoms with Gasteiger partial charge in [-0.25, -0.2) is 13.1 Å². The highest BCUT2D eigenvalue weighted by molar-refractivity contribution is 7.89. The van der Waals surface area contributed by atoms with Crippen LogP contribution >= 0.6 is 0 Å². The topological polar surface area (TPSA) is 100 Å². The summed E-state index contributed by atoms with van der Waals surface area (Å²) in [6.45, 7) is 2.83. The molecule has 0 bridgehead atoms. The smallest absolute Gasteiger partial charge is 0.246 e. The average molecular weight is 483 g/mol. The molecule has 3 aromatic rings. The number of fused-ring (bicyclic) bond motifs is 1. The zero-order valence-electron chi connectivity index (χ0n) is 19.2. The van der Waals surface area contributed by atoms with Gasteiger partial charge in [-0.3, -0.25) is 4.79 Å². The fourth-order valence-corrected chi connectivity index (χ4v) is 6.34.